The van der Waals surface area contributed by atoms with Crippen LogP contribution in [-0.2, 0) is 14.9 Å². The van der Waals surface area contributed by atoms with Gasteiger partial charge >= 0.3 is 0 Å². The van der Waals surface area contributed by atoms with E-state index in [0.29, 0.717) is 0 Å². The number of aromatic amines is 1. The Hall–Kier alpha value is -0.880. The molecule has 13 heavy (non-hydrogen) atoms. The molecule has 0 aliphatic rings. The second-order valence-corrected chi connectivity index (χ2v) is 4.90. The van der Waals surface area contributed by atoms with Gasteiger partial charge in [-0.25, -0.2) is 18.5 Å². The van der Waals surface area contributed by atoms with Crippen LogP contribution >= 0.6 is 0 Å². The fourth-order valence-corrected chi connectivity index (χ4v) is 2.39. The summed E-state index contributed by atoms with van der Waals surface area (Å²) in [5, 5.41) is 10.3. The van der Waals surface area contributed by atoms with Crippen LogP contribution in [0.5, 0.6) is 0 Å². The SMILES string of the molecule is CC(C[O])CS(=O)(=O)c1ncc[nH]1. The maximum absolute atomic E-state index is 11.4. The number of aromatic nitrogens is 2. The van der Waals surface area contributed by atoms with Crippen LogP contribution in [-0.4, -0.2) is 30.7 Å². The van der Waals surface area contributed by atoms with E-state index in [4.69, 9.17) is 0 Å². The van der Waals surface area contributed by atoms with Gasteiger partial charge in [-0.05, 0) is 5.92 Å². The number of nitrogens with one attached hydrogen (secondary N) is 1. The Morgan fingerprint density at radius 3 is 2.77 bits per heavy atom. The molecule has 0 aliphatic heterocycles. The van der Waals surface area contributed by atoms with Gasteiger partial charge in [0.1, 0.15) is 0 Å². The summed E-state index contributed by atoms with van der Waals surface area (Å²) in [5.74, 6) is -0.528. The van der Waals surface area contributed by atoms with Crippen molar-refractivity contribution >= 4 is 9.84 Å². The number of sulfone groups is 1. The first-order valence-corrected chi connectivity index (χ1v) is 5.51. The first kappa shape index (κ1) is 10.2. The number of imidazole rings is 1. The predicted molar refractivity (Wildman–Crippen MR) is 45.4 cm³/mol. The highest BCUT2D eigenvalue weighted by molar-refractivity contribution is 7.91. The third kappa shape index (κ3) is 2.53. The number of hydrogen-bond donors (Lipinski definition) is 1. The minimum Gasteiger partial charge on any atom is -0.336 e. The van der Waals surface area contributed by atoms with Gasteiger partial charge in [0, 0.05) is 12.4 Å². The molecule has 0 aromatic carbocycles. The van der Waals surface area contributed by atoms with Crippen LogP contribution in [0.25, 0.3) is 0 Å². The minimum absolute atomic E-state index is 0.0622. The van der Waals surface area contributed by atoms with E-state index in [1.165, 1.54) is 12.4 Å². The Kier molecular flexibility index (Phi) is 3.05. The third-order valence-corrected chi connectivity index (χ3v) is 3.38. The van der Waals surface area contributed by atoms with Crippen molar-refractivity contribution in [2.24, 2.45) is 5.92 Å². The van der Waals surface area contributed by atoms with Crippen LogP contribution in [0.1, 0.15) is 6.92 Å². The molecule has 0 spiro atoms. The van der Waals surface area contributed by atoms with Crippen LogP contribution in [0.4, 0.5) is 0 Å². The highest BCUT2D eigenvalue weighted by Crippen LogP contribution is 2.08. The first-order chi connectivity index (χ1) is 6.06. The van der Waals surface area contributed by atoms with Crippen molar-refractivity contribution in [1.29, 1.82) is 0 Å². The van der Waals surface area contributed by atoms with E-state index in [1.807, 2.05) is 0 Å². The zero-order valence-electron chi connectivity index (χ0n) is 7.23. The average molecular weight is 203 g/mol. The molecule has 1 N–H and O–H groups in total. The molecular weight excluding hydrogens is 192 g/mol. The molecule has 1 unspecified atom stereocenters. The monoisotopic (exact) mass is 203 g/mol. The van der Waals surface area contributed by atoms with Gasteiger partial charge < -0.3 is 4.98 Å². The molecule has 73 valence electrons. The van der Waals surface area contributed by atoms with Crippen LogP contribution in [0.2, 0.25) is 0 Å². The maximum atomic E-state index is 11.4. The van der Waals surface area contributed by atoms with E-state index in [0.717, 1.165) is 0 Å². The summed E-state index contributed by atoms with van der Waals surface area (Å²) in [7, 11) is -3.39. The fraction of sp³-hybridized carbons (Fsp3) is 0.571. The molecule has 6 heteroatoms. The number of nitrogens with zero attached hydrogens (tertiary/aromatic N) is 1. The molecule has 0 saturated carbocycles. The van der Waals surface area contributed by atoms with Gasteiger partial charge in [0.25, 0.3) is 0 Å². The van der Waals surface area contributed by atoms with Gasteiger partial charge in [-0.1, -0.05) is 6.92 Å². The lowest BCUT2D eigenvalue weighted by atomic mass is 10.2. The molecule has 1 heterocycles. The van der Waals surface area contributed by atoms with Crippen molar-refractivity contribution < 1.29 is 13.5 Å². The van der Waals surface area contributed by atoms with Gasteiger partial charge in [0.15, 0.2) is 0 Å². The zero-order valence-corrected chi connectivity index (χ0v) is 8.04. The summed E-state index contributed by atoms with van der Waals surface area (Å²) in [4.78, 5) is 6.14. The maximum Gasteiger partial charge on any atom is 0.224 e. The van der Waals surface area contributed by atoms with Crippen molar-refractivity contribution in [2.75, 3.05) is 12.4 Å². The fourth-order valence-electron chi connectivity index (χ4n) is 0.922. The molecule has 0 saturated heterocycles. The van der Waals surface area contributed by atoms with Gasteiger partial charge in [0.05, 0.1) is 12.4 Å². The second kappa shape index (κ2) is 3.89. The Balaban J connectivity index is 2.79. The molecule has 1 aromatic rings. The highest BCUT2D eigenvalue weighted by atomic mass is 32.2. The predicted octanol–water partition coefficient (Wildman–Crippen LogP) is 0.250. The second-order valence-electron chi connectivity index (χ2n) is 2.95. The van der Waals surface area contributed by atoms with Crippen molar-refractivity contribution in [2.45, 2.75) is 12.1 Å². The van der Waals surface area contributed by atoms with Crippen molar-refractivity contribution in [3.05, 3.63) is 12.4 Å². The van der Waals surface area contributed by atoms with E-state index in [-0.39, 0.29) is 23.4 Å². The molecule has 1 atom stereocenters. The lowest BCUT2D eigenvalue weighted by Crippen LogP contribution is -2.17. The topological polar surface area (TPSA) is 82.7 Å². The van der Waals surface area contributed by atoms with Crippen molar-refractivity contribution in [3.63, 3.8) is 0 Å². The standard InChI is InChI=1S/C7H11N2O3S/c1-6(4-10)5-13(11,12)7-8-2-3-9-7/h2-3,6H,4-5H2,1H3,(H,8,9). The molecule has 0 aliphatic carbocycles. The lowest BCUT2D eigenvalue weighted by Gasteiger charge is -2.04. The van der Waals surface area contributed by atoms with E-state index in [2.05, 4.69) is 9.97 Å². The lowest BCUT2D eigenvalue weighted by molar-refractivity contribution is 0.159. The normalized spacial score (nSPS) is 14.3. The average Bonchev–Trinajstić information content (AvgIpc) is 2.55. The Labute approximate surface area is 76.7 Å². The molecular formula is C7H11N2O3S. The van der Waals surface area contributed by atoms with Gasteiger partial charge in [-0.15, -0.1) is 0 Å². The summed E-state index contributed by atoms with van der Waals surface area (Å²) < 4.78 is 22.9. The quantitative estimate of drug-likeness (QED) is 0.761. The summed E-state index contributed by atoms with van der Waals surface area (Å²) in [6.45, 7) is 1.22. The Morgan fingerprint density at radius 1 is 1.62 bits per heavy atom. The van der Waals surface area contributed by atoms with Crippen LogP contribution in [0, 0.1) is 5.92 Å². The van der Waals surface area contributed by atoms with Crippen LogP contribution < -0.4 is 0 Å². The highest BCUT2D eigenvalue weighted by Gasteiger charge is 2.20. The third-order valence-electron chi connectivity index (χ3n) is 1.56. The number of rotatable bonds is 4. The molecule has 1 radical (unpaired) electrons. The van der Waals surface area contributed by atoms with Crippen molar-refractivity contribution in [3.8, 4) is 0 Å². The minimum atomic E-state index is -3.39. The summed E-state index contributed by atoms with van der Waals surface area (Å²) in [6.07, 6.45) is 2.81. The first-order valence-electron chi connectivity index (χ1n) is 3.86. The molecule has 0 fully saturated rings. The zero-order chi connectivity index (χ0) is 9.90. The summed E-state index contributed by atoms with van der Waals surface area (Å²) in [6, 6.07) is 0. The van der Waals surface area contributed by atoms with Crippen LogP contribution in [0.3, 0.4) is 0 Å². The van der Waals surface area contributed by atoms with Gasteiger partial charge in [-0.3, -0.25) is 0 Å². The summed E-state index contributed by atoms with van der Waals surface area (Å²) >= 11 is 0. The molecule has 1 rings (SSSR count). The van der Waals surface area contributed by atoms with Crippen LogP contribution in [0.15, 0.2) is 17.6 Å². The largest absolute Gasteiger partial charge is 0.336 e. The molecule has 1 aromatic heterocycles. The van der Waals surface area contributed by atoms with E-state index in [1.54, 1.807) is 6.92 Å². The molecule has 0 amide bonds. The Bertz CT molecular complexity index is 344. The number of H-pyrrole nitrogens is 1. The molecule has 0 bridgehead atoms. The van der Waals surface area contributed by atoms with Gasteiger partial charge in [-0.2, -0.15) is 0 Å². The van der Waals surface area contributed by atoms with E-state index < -0.39 is 9.84 Å². The smallest absolute Gasteiger partial charge is 0.224 e. The number of hydrogen-bond acceptors (Lipinski definition) is 3. The van der Waals surface area contributed by atoms with E-state index in [9.17, 15) is 13.5 Å². The van der Waals surface area contributed by atoms with Crippen molar-refractivity contribution in [1.82, 2.24) is 9.97 Å². The Morgan fingerprint density at radius 2 is 2.31 bits per heavy atom. The molecule has 5 nitrogen and oxygen atoms in total. The summed E-state index contributed by atoms with van der Waals surface area (Å²) in [5.41, 5.74) is 0. The van der Waals surface area contributed by atoms with Gasteiger partial charge in [0.2, 0.25) is 15.0 Å². The van der Waals surface area contributed by atoms with E-state index >= 15 is 0 Å².